The molecule has 1 saturated heterocycles. The van der Waals surface area contributed by atoms with Crippen molar-refractivity contribution < 1.29 is 14.7 Å². The molecule has 2 atom stereocenters. The van der Waals surface area contributed by atoms with Gasteiger partial charge in [0.25, 0.3) is 0 Å². The SMILES string of the molecule is CC1SCC(C(=O)O)N1C(=O)Nc1ccc2ncsc2c1. The number of aromatic nitrogens is 1. The zero-order valence-corrected chi connectivity index (χ0v) is 12.8. The van der Waals surface area contributed by atoms with Gasteiger partial charge in [0.1, 0.15) is 6.04 Å². The molecule has 1 aliphatic rings. The van der Waals surface area contributed by atoms with E-state index in [1.807, 2.05) is 19.1 Å². The Kier molecular flexibility index (Phi) is 3.73. The fourth-order valence-electron chi connectivity index (χ4n) is 2.26. The summed E-state index contributed by atoms with van der Waals surface area (Å²) in [5.74, 6) is -0.558. The van der Waals surface area contributed by atoms with Crippen molar-refractivity contribution in [3.8, 4) is 0 Å². The van der Waals surface area contributed by atoms with Gasteiger partial charge in [-0.25, -0.2) is 14.6 Å². The van der Waals surface area contributed by atoms with Gasteiger partial charge >= 0.3 is 12.0 Å². The van der Waals surface area contributed by atoms with Crippen molar-refractivity contribution in [2.75, 3.05) is 11.1 Å². The third kappa shape index (κ3) is 2.68. The minimum atomic E-state index is -0.972. The van der Waals surface area contributed by atoms with E-state index in [2.05, 4.69) is 10.3 Å². The lowest BCUT2D eigenvalue weighted by atomic mass is 10.3. The molecule has 6 nitrogen and oxygen atoms in total. The first kappa shape index (κ1) is 14.2. The monoisotopic (exact) mass is 323 g/mol. The Morgan fingerprint density at radius 2 is 2.29 bits per heavy atom. The minimum Gasteiger partial charge on any atom is -0.480 e. The van der Waals surface area contributed by atoms with Gasteiger partial charge in [-0.05, 0) is 25.1 Å². The van der Waals surface area contributed by atoms with Crippen LogP contribution in [0.4, 0.5) is 10.5 Å². The number of carbonyl (C=O) groups excluding carboxylic acids is 1. The predicted octanol–water partition coefficient (Wildman–Crippen LogP) is 2.68. The number of nitrogens with zero attached hydrogens (tertiary/aromatic N) is 2. The van der Waals surface area contributed by atoms with Crippen LogP contribution >= 0.6 is 23.1 Å². The van der Waals surface area contributed by atoms with Crippen molar-refractivity contribution in [2.24, 2.45) is 0 Å². The maximum absolute atomic E-state index is 12.3. The Morgan fingerprint density at radius 3 is 3.05 bits per heavy atom. The predicted molar refractivity (Wildman–Crippen MR) is 83.8 cm³/mol. The number of thiazole rings is 1. The van der Waals surface area contributed by atoms with Gasteiger partial charge in [0.05, 0.1) is 21.1 Å². The Balaban J connectivity index is 1.79. The molecule has 1 fully saturated rings. The van der Waals surface area contributed by atoms with E-state index in [-0.39, 0.29) is 11.4 Å². The molecule has 0 bridgehead atoms. The molecule has 0 saturated carbocycles. The van der Waals surface area contributed by atoms with Gasteiger partial charge in [-0.3, -0.25) is 4.90 Å². The molecule has 2 N–H and O–H groups in total. The van der Waals surface area contributed by atoms with E-state index in [1.165, 1.54) is 28.0 Å². The van der Waals surface area contributed by atoms with E-state index in [0.717, 1.165) is 10.2 Å². The van der Waals surface area contributed by atoms with Gasteiger partial charge in [-0.1, -0.05) is 0 Å². The van der Waals surface area contributed by atoms with Crippen LogP contribution in [0.3, 0.4) is 0 Å². The third-order valence-corrected chi connectivity index (χ3v) is 5.33. The fraction of sp³-hybridized carbons (Fsp3) is 0.308. The van der Waals surface area contributed by atoms with Crippen LogP contribution in [-0.2, 0) is 4.79 Å². The highest BCUT2D eigenvalue weighted by molar-refractivity contribution is 8.00. The molecule has 2 unspecified atom stereocenters. The minimum absolute atomic E-state index is 0.154. The normalized spacial score (nSPS) is 21.7. The van der Waals surface area contributed by atoms with Crippen molar-refractivity contribution in [1.82, 2.24) is 9.88 Å². The summed E-state index contributed by atoms with van der Waals surface area (Å²) in [5, 5.41) is 11.8. The molecule has 8 heteroatoms. The maximum atomic E-state index is 12.3. The van der Waals surface area contributed by atoms with E-state index in [9.17, 15) is 14.7 Å². The standard InChI is InChI=1S/C13H13N3O3S2/c1-7-16(10(5-20-7)12(17)18)13(19)15-8-2-3-9-11(4-8)21-6-14-9/h2-4,6-7,10H,5H2,1H3,(H,15,19)(H,17,18). The average molecular weight is 323 g/mol. The van der Waals surface area contributed by atoms with Crippen LogP contribution < -0.4 is 5.32 Å². The quantitative estimate of drug-likeness (QED) is 0.888. The van der Waals surface area contributed by atoms with E-state index < -0.39 is 12.0 Å². The van der Waals surface area contributed by atoms with Crippen molar-refractivity contribution in [1.29, 1.82) is 0 Å². The number of carboxylic acids is 1. The van der Waals surface area contributed by atoms with Crippen molar-refractivity contribution in [3.63, 3.8) is 0 Å². The fourth-order valence-corrected chi connectivity index (χ4v) is 4.15. The van der Waals surface area contributed by atoms with Crippen molar-refractivity contribution >= 4 is 51.0 Å². The molecule has 110 valence electrons. The number of amides is 2. The number of nitrogens with one attached hydrogen (secondary N) is 1. The first-order valence-corrected chi connectivity index (χ1v) is 8.26. The van der Waals surface area contributed by atoms with Crippen LogP contribution in [0.25, 0.3) is 10.2 Å². The molecule has 2 amide bonds. The van der Waals surface area contributed by atoms with Crippen LogP contribution in [-0.4, -0.2) is 44.2 Å². The number of fused-ring (bicyclic) bond motifs is 1. The first-order valence-electron chi connectivity index (χ1n) is 6.33. The number of rotatable bonds is 2. The topological polar surface area (TPSA) is 82.5 Å². The Labute approximate surface area is 129 Å². The summed E-state index contributed by atoms with van der Waals surface area (Å²) < 4.78 is 0.978. The number of hydrogen-bond donors (Lipinski definition) is 2. The highest BCUT2D eigenvalue weighted by Gasteiger charge is 2.39. The smallest absolute Gasteiger partial charge is 0.327 e. The first-order chi connectivity index (χ1) is 10.1. The lowest BCUT2D eigenvalue weighted by molar-refractivity contribution is -0.141. The summed E-state index contributed by atoms with van der Waals surface area (Å²) in [5.41, 5.74) is 3.27. The number of benzene rings is 1. The van der Waals surface area contributed by atoms with E-state index in [0.29, 0.717) is 11.4 Å². The molecular weight excluding hydrogens is 310 g/mol. The summed E-state index contributed by atoms with van der Waals surface area (Å²) in [4.78, 5) is 29.1. The van der Waals surface area contributed by atoms with E-state index >= 15 is 0 Å². The molecule has 21 heavy (non-hydrogen) atoms. The molecule has 1 aliphatic heterocycles. The molecule has 3 rings (SSSR count). The second kappa shape index (κ2) is 5.53. The van der Waals surface area contributed by atoms with Crippen LogP contribution in [0, 0.1) is 0 Å². The number of anilines is 1. The second-order valence-electron chi connectivity index (χ2n) is 4.66. The van der Waals surface area contributed by atoms with Gasteiger partial charge in [0.15, 0.2) is 0 Å². The highest BCUT2D eigenvalue weighted by Crippen LogP contribution is 2.30. The Bertz CT molecular complexity index is 703. The number of carboxylic acid groups (broad SMARTS) is 1. The number of aliphatic carboxylic acids is 1. The lowest BCUT2D eigenvalue weighted by Gasteiger charge is -2.25. The average Bonchev–Trinajstić information content (AvgIpc) is 3.04. The number of hydrogen-bond acceptors (Lipinski definition) is 5. The molecule has 1 aromatic carbocycles. The molecule has 0 spiro atoms. The molecule has 0 radical (unpaired) electrons. The number of thioether (sulfide) groups is 1. The number of urea groups is 1. The molecule has 2 heterocycles. The van der Waals surface area contributed by atoms with E-state index in [4.69, 9.17) is 0 Å². The Hall–Kier alpha value is -1.80. The lowest BCUT2D eigenvalue weighted by Crippen LogP contribution is -2.46. The highest BCUT2D eigenvalue weighted by atomic mass is 32.2. The molecule has 0 aliphatic carbocycles. The van der Waals surface area contributed by atoms with Gasteiger partial charge < -0.3 is 10.4 Å². The summed E-state index contributed by atoms with van der Waals surface area (Å²) in [6.45, 7) is 1.83. The summed E-state index contributed by atoms with van der Waals surface area (Å²) in [6, 6.07) is 4.28. The maximum Gasteiger partial charge on any atom is 0.327 e. The summed E-state index contributed by atoms with van der Waals surface area (Å²) >= 11 is 2.95. The summed E-state index contributed by atoms with van der Waals surface area (Å²) in [6.07, 6.45) is 0. The van der Waals surface area contributed by atoms with Gasteiger partial charge in [-0.2, -0.15) is 0 Å². The van der Waals surface area contributed by atoms with Gasteiger partial charge in [0.2, 0.25) is 0 Å². The molecule has 2 aromatic rings. The van der Waals surface area contributed by atoms with Crippen LogP contribution in [0.5, 0.6) is 0 Å². The molecular formula is C13H13N3O3S2. The zero-order chi connectivity index (χ0) is 15.0. The largest absolute Gasteiger partial charge is 0.480 e. The van der Waals surface area contributed by atoms with Gasteiger partial charge in [0, 0.05) is 11.4 Å². The van der Waals surface area contributed by atoms with Crippen molar-refractivity contribution in [3.05, 3.63) is 23.7 Å². The van der Waals surface area contributed by atoms with Crippen LogP contribution in [0.15, 0.2) is 23.7 Å². The molecule has 1 aromatic heterocycles. The van der Waals surface area contributed by atoms with Crippen LogP contribution in [0.2, 0.25) is 0 Å². The van der Waals surface area contributed by atoms with Gasteiger partial charge in [-0.15, -0.1) is 23.1 Å². The number of carbonyl (C=O) groups is 2. The second-order valence-corrected chi connectivity index (χ2v) is 6.89. The Morgan fingerprint density at radius 1 is 1.48 bits per heavy atom. The zero-order valence-electron chi connectivity index (χ0n) is 11.1. The van der Waals surface area contributed by atoms with E-state index in [1.54, 1.807) is 11.6 Å². The van der Waals surface area contributed by atoms with Crippen molar-refractivity contribution in [2.45, 2.75) is 18.3 Å². The summed E-state index contributed by atoms with van der Waals surface area (Å²) in [7, 11) is 0. The third-order valence-electron chi connectivity index (χ3n) is 3.32. The van der Waals surface area contributed by atoms with Crippen LogP contribution in [0.1, 0.15) is 6.92 Å².